The zero-order chi connectivity index (χ0) is 22.1. The molecule has 166 valence electrons. The highest BCUT2D eigenvalue weighted by Gasteiger charge is 2.44. The number of nitrogens with two attached hydrogens (primary N) is 1. The van der Waals surface area contributed by atoms with E-state index in [0.717, 1.165) is 28.5 Å². The fraction of sp³-hybridized carbons (Fsp3) is 0.391. The van der Waals surface area contributed by atoms with Gasteiger partial charge in [0, 0.05) is 11.6 Å². The number of nitrogens with zero attached hydrogens (tertiary/aromatic N) is 1. The fourth-order valence-electron chi connectivity index (χ4n) is 4.21. The Hall–Kier alpha value is -1.97. The van der Waals surface area contributed by atoms with Crippen LogP contribution in [0.2, 0.25) is 5.02 Å². The molecule has 6 N–H and O–H groups in total. The SMILES string of the molecule is NCCc1ccc(Cc2cn([C@@H]3O[C@H](CO)[C@@H](O)[C@H](O)[C@H]3O)c3cccc(Cl)c23)cc1. The third-order valence-corrected chi connectivity index (χ3v) is 6.19. The molecule has 0 saturated carbocycles. The second-order valence-corrected chi connectivity index (χ2v) is 8.35. The van der Waals surface area contributed by atoms with Gasteiger partial charge in [0.25, 0.3) is 0 Å². The minimum Gasteiger partial charge on any atom is -0.394 e. The van der Waals surface area contributed by atoms with Crippen molar-refractivity contribution in [2.45, 2.75) is 43.5 Å². The van der Waals surface area contributed by atoms with Gasteiger partial charge >= 0.3 is 0 Å². The minimum atomic E-state index is -1.45. The maximum Gasteiger partial charge on any atom is 0.163 e. The smallest absolute Gasteiger partial charge is 0.163 e. The third kappa shape index (κ3) is 4.23. The number of aliphatic hydroxyl groups is 4. The first kappa shape index (κ1) is 22.2. The summed E-state index contributed by atoms with van der Waals surface area (Å²) in [5.74, 6) is 0. The molecule has 0 amide bonds. The molecule has 1 aromatic heterocycles. The lowest BCUT2D eigenvalue weighted by Crippen LogP contribution is -2.56. The van der Waals surface area contributed by atoms with Crippen LogP contribution in [-0.2, 0) is 17.6 Å². The Kier molecular flexibility index (Phi) is 6.64. The molecule has 2 heterocycles. The number of ether oxygens (including phenoxy) is 1. The van der Waals surface area contributed by atoms with Crippen molar-refractivity contribution in [1.29, 1.82) is 0 Å². The molecule has 0 aliphatic carbocycles. The minimum absolute atomic E-state index is 0.483. The zero-order valence-electron chi connectivity index (χ0n) is 16.9. The first-order chi connectivity index (χ1) is 14.9. The number of rotatable bonds is 6. The standard InChI is InChI=1S/C23H27ClN2O5/c24-16-2-1-3-17-19(16)15(10-14-6-4-13(5-7-14)8-9-25)11-26(17)23-22(30)21(29)20(28)18(12-27)31-23/h1-7,11,18,20-23,27-30H,8-10,12,25H2/t18-,20-,21+,22-,23-/m1/s1. The lowest BCUT2D eigenvalue weighted by molar-refractivity contribution is -0.250. The van der Waals surface area contributed by atoms with Gasteiger partial charge < -0.3 is 35.5 Å². The van der Waals surface area contributed by atoms with Crippen LogP contribution in [0.25, 0.3) is 10.9 Å². The molecule has 5 atom stereocenters. The van der Waals surface area contributed by atoms with Gasteiger partial charge in [-0.1, -0.05) is 41.9 Å². The summed E-state index contributed by atoms with van der Waals surface area (Å²) < 4.78 is 7.48. The van der Waals surface area contributed by atoms with Crippen LogP contribution in [0.3, 0.4) is 0 Å². The van der Waals surface area contributed by atoms with Gasteiger partial charge in [0.05, 0.1) is 17.1 Å². The summed E-state index contributed by atoms with van der Waals surface area (Å²) in [5, 5.41) is 41.9. The predicted molar refractivity (Wildman–Crippen MR) is 118 cm³/mol. The summed E-state index contributed by atoms with van der Waals surface area (Å²) in [5.41, 5.74) is 9.55. The number of aromatic nitrogens is 1. The lowest BCUT2D eigenvalue weighted by Gasteiger charge is -2.40. The number of halogens is 1. The van der Waals surface area contributed by atoms with Gasteiger partial charge in [-0.15, -0.1) is 0 Å². The maximum absolute atomic E-state index is 10.6. The highest BCUT2D eigenvalue weighted by atomic mass is 35.5. The largest absolute Gasteiger partial charge is 0.394 e. The van der Waals surface area contributed by atoms with E-state index in [1.54, 1.807) is 16.7 Å². The summed E-state index contributed by atoms with van der Waals surface area (Å²) in [6.07, 6.45) is -2.95. The van der Waals surface area contributed by atoms with Crippen molar-refractivity contribution in [3.05, 3.63) is 70.4 Å². The van der Waals surface area contributed by atoms with Gasteiger partial charge in [-0.2, -0.15) is 0 Å². The topological polar surface area (TPSA) is 121 Å². The van der Waals surface area contributed by atoms with Crippen LogP contribution in [0.5, 0.6) is 0 Å². The molecule has 3 aromatic rings. The van der Waals surface area contributed by atoms with Gasteiger partial charge in [0.1, 0.15) is 24.4 Å². The number of fused-ring (bicyclic) bond motifs is 1. The summed E-state index contributed by atoms with van der Waals surface area (Å²) in [6, 6.07) is 13.7. The molecule has 0 spiro atoms. The summed E-state index contributed by atoms with van der Waals surface area (Å²) in [7, 11) is 0. The van der Waals surface area contributed by atoms with Crippen LogP contribution in [0.4, 0.5) is 0 Å². The van der Waals surface area contributed by atoms with E-state index in [9.17, 15) is 20.4 Å². The molecular weight excluding hydrogens is 420 g/mol. The summed E-state index contributed by atoms with van der Waals surface area (Å²) >= 11 is 6.53. The van der Waals surface area contributed by atoms with E-state index in [-0.39, 0.29) is 0 Å². The van der Waals surface area contributed by atoms with Crippen LogP contribution in [0, 0.1) is 0 Å². The number of benzene rings is 2. The summed E-state index contributed by atoms with van der Waals surface area (Å²) in [6.45, 7) is 0.116. The van der Waals surface area contributed by atoms with E-state index in [1.807, 2.05) is 12.3 Å². The van der Waals surface area contributed by atoms with Crippen molar-refractivity contribution in [3.8, 4) is 0 Å². The van der Waals surface area contributed by atoms with Crippen molar-refractivity contribution < 1.29 is 25.2 Å². The number of hydrogen-bond donors (Lipinski definition) is 5. The molecule has 4 rings (SSSR count). The highest BCUT2D eigenvalue weighted by molar-refractivity contribution is 6.35. The van der Waals surface area contributed by atoms with Gasteiger partial charge in [-0.25, -0.2) is 0 Å². The Balaban J connectivity index is 1.73. The van der Waals surface area contributed by atoms with Crippen LogP contribution < -0.4 is 5.73 Å². The molecule has 2 aromatic carbocycles. The van der Waals surface area contributed by atoms with Gasteiger partial charge in [0.2, 0.25) is 0 Å². The van der Waals surface area contributed by atoms with Gasteiger partial charge in [-0.05, 0) is 48.2 Å². The number of aliphatic hydroxyl groups excluding tert-OH is 4. The molecule has 1 saturated heterocycles. The van der Waals surface area contributed by atoms with Crippen molar-refractivity contribution in [3.63, 3.8) is 0 Å². The molecule has 8 heteroatoms. The Morgan fingerprint density at radius 2 is 1.68 bits per heavy atom. The van der Waals surface area contributed by atoms with E-state index < -0.39 is 37.3 Å². The second-order valence-electron chi connectivity index (χ2n) is 7.95. The van der Waals surface area contributed by atoms with Crippen LogP contribution >= 0.6 is 11.6 Å². The van der Waals surface area contributed by atoms with Crippen LogP contribution in [0.1, 0.15) is 22.9 Å². The van der Waals surface area contributed by atoms with Crippen LogP contribution in [0.15, 0.2) is 48.7 Å². The van der Waals surface area contributed by atoms with Gasteiger partial charge in [-0.3, -0.25) is 0 Å². The molecule has 31 heavy (non-hydrogen) atoms. The van der Waals surface area contributed by atoms with E-state index in [1.165, 1.54) is 5.56 Å². The van der Waals surface area contributed by atoms with Crippen molar-refractivity contribution in [2.75, 3.05) is 13.2 Å². The molecule has 0 unspecified atom stereocenters. The molecule has 0 radical (unpaired) electrons. The van der Waals surface area contributed by atoms with E-state index in [0.29, 0.717) is 18.0 Å². The van der Waals surface area contributed by atoms with Crippen molar-refractivity contribution in [1.82, 2.24) is 4.57 Å². The molecule has 7 nitrogen and oxygen atoms in total. The quantitative estimate of drug-likeness (QED) is 0.390. The zero-order valence-corrected chi connectivity index (χ0v) is 17.7. The first-order valence-corrected chi connectivity index (χ1v) is 10.7. The predicted octanol–water partition coefficient (Wildman–Crippen LogP) is 1.36. The van der Waals surface area contributed by atoms with E-state index >= 15 is 0 Å². The first-order valence-electron chi connectivity index (χ1n) is 10.3. The second kappa shape index (κ2) is 9.26. The Labute approximate surface area is 185 Å². The molecule has 0 bridgehead atoms. The average molecular weight is 447 g/mol. The van der Waals surface area contributed by atoms with E-state index in [4.69, 9.17) is 22.1 Å². The highest BCUT2D eigenvalue weighted by Crippen LogP contribution is 2.36. The fourth-order valence-corrected chi connectivity index (χ4v) is 4.51. The number of hydrogen-bond acceptors (Lipinski definition) is 6. The maximum atomic E-state index is 10.6. The Morgan fingerprint density at radius 1 is 0.968 bits per heavy atom. The average Bonchev–Trinajstić information content (AvgIpc) is 3.13. The Bertz CT molecular complexity index is 1040. The van der Waals surface area contributed by atoms with Gasteiger partial charge in [0.15, 0.2) is 6.23 Å². The van der Waals surface area contributed by atoms with E-state index in [2.05, 4.69) is 24.3 Å². The molecule has 1 aliphatic heterocycles. The van der Waals surface area contributed by atoms with Crippen LogP contribution in [-0.4, -0.2) is 62.6 Å². The van der Waals surface area contributed by atoms with Crippen molar-refractivity contribution in [2.24, 2.45) is 5.73 Å². The normalized spacial score (nSPS) is 26.5. The monoisotopic (exact) mass is 446 g/mol. The molecule has 1 fully saturated rings. The lowest BCUT2D eigenvalue weighted by atomic mass is 9.98. The third-order valence-electron chi connectivity index (χ3n) is 5.88. The molecular formula is C23H27ClN2O5. The Morgan fingerprint density at radius 3 is 2.35 bits per heavy atom. The molecule has 1 aliphatic rings. The summed E-state index contributed by atoms with van der Waals surface area (Å²) in [4.78, 5) is 0. The van der Waals surface area contributed by atoms with Crippen molar-refractivity contribution >= 4 is 22.5 Å².